The highest BCUT2D eigenvalue weighted by molar-refractivity contribution is 5.76. The maximum Gasteiger partial charge on any atom is 0.220 e. The molecule has 1 amide bonds. The average molecular weight is 1350 g/mol. The third kappa shape index (κ3) is 37.0. The molecular formula is C77H123NO18. The molecule has 19 nitrogen and oxygen atoms in total. The Balaban J connectivity index is 1.33. The minimum Gasteiger partial charge on any atom is -0.394 e. The Morgan fingerprint density at radius 3 is 1.12 bits per heavy atom. The molecule has 3 rings (SSSR count). The Morgan fingerprint density at radius 1 is 0.385 bits per heavy atom. The molecule has 17 unspecified atom stereocenters. The second-order valence-corrected chi connectivity index (χ2v) is 24.6. The third-order valence-electron chi connectivity index (χ3n) is 16.6. The van der Waals surface area contributed by atoms with Crippen LogP contribution in [0.2, 0.25) is 0 Å². The number of ether oxygens (including phenoxy) is 6. The highest BCUT2D eigenvalue weighted by Crippen LogP contribution is 2.33. The van der Waals surface area contributed by atoms with Crippen LogP contribution in [0.15, 0.2) is 158 Å². The molecule has 0 bridgehead atoms. The van der Waals surface area contributed by atoms with Crippen molar-refractivity contribution in [3.63, 3.8) is 0 Å². The zero-order valence-corrected chi connectivity index (χ0v) is 57.5. The molecule has 0 aromatic rings. The fourth-order valence-electron chi connectivity index (χ4n) is 10.8. The fraction of sp³-hybridized carbons (Fsp3) is 0.649. The van der Waals surface area contributed by atoms with Crippen molar-refractivity contribution in [2.45, 2.75) is 291 Å². The molecule has 3 aliphatic heterocycles. The number of hydrogen-bond acceptors (Lipinski definition) is 18. The van der Waals surface area contributed by atoms with E-state index in [1.807, 2.05) is 6.08 Å². The van der Waals surface area contributed by atoms with Crippen molar-refractivity contribution in [1.82, 2.24) is 5.32 Å². The number of amides is 1. The number of aliphatic hydroxyl groups is 11. The van der Waals surface area contributed by atoms with E-state index in [2.05, 4.69) is 165 Å². The van der Waals surface area contributed by atoms with E-state index in [9.17, 15) is 61.0 Å². The fourth-order valence-corrected chi connectivity index (χ4v) is 10.8. The van der Waals surface area contributed by atoms with Gasteiger partial charge < -0.3 is 89.9 Å². The van der Waals surface area contributed by atoms with Crippen LogP contribution < -0.4 is 5.32 Å². The quantitative estimate of drug-likeness (QED) is 0.0199. The molecule has 0 aliphatic carbocycles. The van der Waals surface area contributed by atoms with Crippen molar-refractivity contribution < 1.29 is 89.4 Å². The van der Waals surface area contributed by atoms with Gasteiger partial charge in [-0.3, -0.25) is 4.79 Å². The Morgan fingerprint density at radius 2 is 0.719 bits per heavy atom. The molecule has 3 fully saturated rings. The third-order valence-corrected chi connectivity index (χ3v) is 16.6. The number of hydrogen-bond donors (Lipinski definition) is 12. The molecule has 19 heteroatoms. The monoisotopic (exact) mass is 1350 g/mol. The molecule has 3 heterocycles. The Bertz CT molecular complexity index is 2360. The number of aliphatic hydroxyl groups excluding tert-OH is 11. The Labute approximate surface area is 574 Å². The smallest absolute Gasteiger partial charge is 0.220 e. The largest absolute Gasteiger partial charge is 0.394 e. The summed E-state index contributed by atoms with van der Waals surface area (Å²) in [5, 5.41) is 120. The van der Waals surface area contributed by atoms with Gasteiger partial charge in [-0.25, -0.2) is 0 Å². The molecule has 3 saturated heterocycles. The van der Waals surface area contributed by atoms with Crippen molar-refractivity contribution >= 4 is 5.91 Å². The highest BCUT2D eigenvalue weighted by atomic mass is 16.8. The first-order valence-electron chi connectivity index (χ1n) is 35.7. The second kappa shape index (κ2) is 56.2. The van der Waals surface area contributed by atoms with Crippen molar-refractivity contribution in [2.24, 2.45) is 0 Å². The summed E-state index contributed by atoms with van der Waals surface area (Å²) in [6.07, 6.45) is 55.4. The summed E-state index contributed by atoms with van der Waals surface area (Å²) in [4.78, 5) is 13.3. The number of carbonyl (C=O) groups excluding carboxylic acids is 1. The maximum absolute atomic E-state index is 13.3. The van der Waals surface area contributed by atoms with Crippen molar-refractivity contribution in [1.29, 1.82) is 0 Å². The van der Waals surface area contributed by atoms with E-state index < -0.39 is 124 Å². The van der Waals surface area contributed by atoms with E-state index >= 15 is 0 Å². The van der Waals surface area contributed by atoms with Crippen LogP contribution in [0.4, 0.5) is 0 Å². The summed E-state index contributed by atoms with van der Waals surface area (Å²) in [7, 11) is 0. The predicted octanol–water partition coefficient (Wildman–Crippen LogP) is 10.1. The van der Waals surface area contributed by atoms with Gasteiger partial charge in [0.2, 0.25) is 5.91 Å². The Hall–Kier alpha value is -4.59. The summed E-state index contributed by atoms with van der Waals surface area (Å²) in [6, 6.07) is -0.997. The van der Waals surface area contributed by atoms with Gasteiger partial charge in [0.15, 0.2) is 18.9 Å². The standard InChI is InChI=1S/C77H123NO18/c1-3-5-7-9-11-13-15-16-17-18-19-20-21-22-23-24-25-26-27-28-29-30-31-32-33-34-35-36-37-38-39-40-41-42-43-44-45-47-49-51-53-55-65(83)78-60(61(82)54-52-50-48-46-14-12-10-8-6-4-2)59-91-75-71(89)68(86)73(63(57-80)93-75)96-77-72(90)69(87)74(64(58-81)94-77)95-76-70(88)67(85)66(84)62(56-79)92-76/h5,7,11,13,16-17,19-20,22-23,25-26,28-29,31-32,34-35,37-38,40-41,43-44,52,54,60-64,66-77,79-82,84-90H,3-4,6,8-10,12,14-15,18,21,24,27,30,33,36,39,42,45-51,53,55-59H2,1-2H3,(H,78,83)/b7-5-,13-11-,17-16-,20-19-,23-22-,26-25-,29-28-,32-31-,35-34-,38-37-,41-40-,44-43-,54-52+. The first kappa shape index (κ1) is 85.6. The minimum absolute atomic E-state index is 0.202. The van der Waals surface area contributed by atoms with Crippen molar-refractivity contribution in [3.05, 3.63) is 158 Å². The SMILES string of the molecule is CC/C=C\C/C=C\C/C=C\C/C=C\C/C=C\C/C=C\C/C=C\C/C=C\C/C=C\C/C=C\C/C=C\C/C=C\CCCCCCC(=O)NC(COC1OC(CO)C(OC2OC(CO)C(OC3OC(CO)C(O)C(O)C3O)C(O)C2O)C(O)C1O)C(O)/C=C/CCCCCCCCCC. The molecule has 0 spiro atoms. The van der Waals surface area contributed by atoms with Gasteiger partial charge in [-0.1, -0.05) is 230 Å². The van der Waals surface area contributed by atoms with Crippen LogP contribution in [0.25, 0.3) is 0 Å². The second-order valence-electron chi connectivity index (χ2n) is 24.6. The van der Waals surface area contributed by atoms with Gasteiger partial charge in [0, 0.05) is 6.42 Å². The number of allylic oxidation sites excluding steroid dienone is 25. The molecule has 0 aromatic heterocycles. The number of carbonyl (C=O) groups is 1. The molecule has 3 aliphatic rings. The van der Waals surface area contributed by atoms with E-state index in [1.54, 1.807) is 6.08 Å². The van der Waals surface area contributed by atoms with Crippen LogP contribution in [0.5, 0.6) is 0 Å². The van der Waals surface area contributed by atoms with E-state index in [-0.39, 0.29) is 18.9 Å². The van der Waals surface area contributed by atoms with Crippen LogP contribution in [0.3, 0.4) is 0 Å². The average Bonchev–Trinajstić information content (AvgIpc) is 0.849. The summed E-state index contributed by atoms with van der Waals surface area (Å²) < 4.78 is 34.2. The number of unbranched alkanes of at least 4 members (excludes halogenated alkanes) is 12. The van der Waals surface area contributed by atoms with E-state index in [0.717, 1.165) is 128 Å². The molecule has 0 aromatic carbocycles. The van der Waals surface area contributed by atoms with Crippen LogP contribution in [-0.4, -0.2) is 193 Å². The lowest BCUT2D eigenvalue weighted by atomic mass is 9.96. The lowest BCUT2D eigenvalue weighted by molar-refractivity contribution is -0.379. The van der Waals surface area contributed by atoms with Crippen molar-refractivity contribution in [3.8, 4) is 0 Å². The summed E-state index contributed by atoms with van der Waals surface area (Å²) in [5.74, 6) is -0.310. The maximum atomic E-state index is 13.3. The zero-order chi connectivity index (χ0) is 69.6. The van der Waals surface area contributed by atoms with E-state index in [4.69, 9.17) is 28.4 Å². The summed E-state index contributed by atoms with van der Waals surface area (Å²) in [6.45, 7) is 1.53. The van der Waals surface area contributed by atoms with Crippen LogP contribution in [0.1, 0.15) is 187 Å². The molecule has 17 atom stereocenters. The van der Waals surface area contributed by atoms with Gasteiger partial charge in [-0.05, 0) is 109 Å². The Kier molecular flexibility index (Phi) is 50.1. The molecule has 0 saturated carbocycles. The van der Waals surface area contributed by atoms with Crippen LogP contribution in [0, 0.1) is 0 Å². The number of rotatable bonds is 52. The van der Waals surface area contributed by atoms with Gasteiger partial charge in [-0.2, -0.15) is 0 Å². The van der Waals surface area contributed by atoms with Gasteiger partial charge >= 0.3 is 0 Å². The lowest BCUT2D eigenvalue weighted by Crippen LogP contribution is -2.66. The van der Waals surface area contributed by atoms with Gasteiger partial charge in [0.05, 0.1) is 38.6 Å². The zero-order valence-electron chi connectivity index (χ0n) is 57.5. The van der Waals surface area contributed by atoms with Gasteiger partial charge in [0.1, 0.15) is 73.2 Å². The summed E-state index contributed by atoms with van der Waals surface area (Å²) in [5.41, 5.74) is 0. The van der Waals surface area contributed by atoms with Crippen LogP contribution >= 0.6 is 0 Å². The predicted molar refractivity (Wildman–Crippen MR) is 378 cm³/mol. The lowest BCUT2D eigenvalue weighted by Gasteiger charge is -2.48. The van der Waals surface area contributed by atoms with Crippen molar-refractivity contribution in [2.75, 3.05) is 26.4 Å². The summed E-state index contributed by atoms with van der Waals surface area (Å²) >= 11 is 0. The number of nitrogens with one attached hydrogen (secondary N) is 1. The molecular weight excluding hydrogens is 1230 g/mol. The van der Waals surface area contributed by atoms with E-state index in [1.165, 1.54) is 32.1 Å². The van der Waals surface area contributed by atoms with E-state index in [0.29, 0.717) is 6.42 Å². The van der Waals surface area contributed by atoms with Gasteiger partial charge in [0.25, 0.3) is 0 Å². The topological polar surface area (TPSA) is 307 Å². The molecule has 0 radical (unpaired) electrons. The minimum atomic E-state index is -1.99. The molecule has 96 heavy (non-hydrogen) atoms. The first-order chi connectivity index (χ1) is 46.8. The first-order valence-corrected chi connectivity index (χ1v) is 35.7. The van der Waals surface area contributed by atoms with Crippen LogP contribution in [-0.2, 0) is 33.2 Å². The highest BCUT2D eigenvalue weighted by Gasteiger charge is 2.53. The van der Waals surface area contributed by atoms with Gasteiger partial charge in [-0.15, -0.1) is 0 Å². The molecule has 544 valence electrons. The molecule has 12 N–H and O–H groups in total. The normalized spacial score (nSPS) is 28.0.